The summed E-state index contributed by atoms with van der Waals surface area (Å²) in [4.78, 5) is 12.8. The molecule has 0 N–H and O–H groups in total. The number of hydrogen-bond donors (Lipinski definition) is 0. The second-order valence-electron chi connectivity index (χ2n) is 5.72. The summed E-state index contributed by atoms with van der Waals surface area (Å²) in [6, 6.07) is 14.7. The van der Waals surface area contributed by atoms with E-state index in [-0.39, 0.29) is 12.4 Å². The van der Waals surface area contributed by atoms with Gasteiger partial charge in [-0.05, 0) is 53.3 Å². The van der Waals surface area contributed by atoms with E-state index in [1.54, 1.807) is 29.3 Å². The Hall–Kier alpha value is -2.15. The highest BCUT2D eigenvalue weighted by Crippen LogP contribution is 2.21. The van der Waals surface area contributed by atoms with E-state index in [4.69, 9.17) is 23.2 Å². The van der Waals surface area contributed by atoms with Crippen LogP contribution in [0.25, 0.3) is 0 Å². The summed E-state index contributed by atoms with van der Waals surface area (Å²) in [5, 5.41) is 18.3. The molecule has 0 aliphatic carbocycles. The van der Waals surface area contributed by atoms with E-state index in [0.717, 1.165) is 17.7 Å². The summed E-state index contributed by atoms with van der Waals surface area (Å²) in [6.07, 6.45) is 0.774. The summed E-state index contributed by atoms with van der Waals surface area (Å²) in [5.41, 5.74) is 1.90. The fourth-order valence-corrected chi connectivity index (χ4v) is 2.83. The van der Waals surface area contributed by atoms with Crippen LogP contribution in [0.3, 0.4) is 0 Å². The van der Waals surface area contributed by atoms with Gasteiger partial charge in [-0.25, -0.2) is 0 Å². The van der Waals surface area contributed by atoms with Crippen LogP contribution in [0.4, 0.5) is 5.69 Å². The maximum absolute atomic E-state index is 11.2. The molecular weight excluding hydrogens is 363 g/mol. The van der Waals surface area contributed by atoms with Crippen molar-refractivity contribution in [3.63, 3.8) is 0 Å². The van der Waals surface area contributed by atoms with Crippen LogP contribution in [0, 0.1) is 10.1 Å². The fraction of sp³-hybridized carbons (Fsp3) is 0.235. The Morgan fingerprint density at radius 2 is 1.64 bits per heavy atom. The quantitative estimate of drug-likeness (QED) is 0.597. The van der Waals surface area contributed by atoms with Gasteiger partial charge in [0.1, 0.15) is 13.2 Å². The van der Waals surface area contributed by atoms with Gasteiger partial charge in [0.2, 0.25) is 0 Å². The molecule has 0 radical (unpaired) electrons. The zero-order valence-corrected chi connectivity index (χ0v) is 14.8. The topological polar surface area (TPSA) is 62.0 Å². The van der Waals surface area contributed by atoms with Crippen LogP contribution in [0.15, 0.2) is 53.6 Å². The summed E-state index contributed by atoms with van der Waals surface area (Å²) in [7, 11) is 0. The van der Waals surface area contributed by atoms with Crippen LogP contribution in [0.2, 0.25) is 10.0 Å². The molecule has 0 amide bonds. The third-order valence-electron chi connectivity index (χ3n) is 3.90. The predicted octanol–water partition coefficient (Wildman–Crippen LogP) is 3.91. The summed E-state index contributed by atoms with van der Waals surface area (Å²) < 4.78 is 0. The number of rotatable bonds is 4. The van der Waals surface area contributed by atoms with Gasteiger partial charge in [0.15, 0.2) is 0 Å². The van der Waals surface area contributed by atoms with E-state index in [1.165, 1.54) is 0 Å². The van der Waals surface area contributed by atoms with Crippen LogP contribution < -0.4 is 5.01 Å². The fourth-order valence-electron chi connectivity index (χ4n) is 2.58. The normalized spacial score (nSPS) is 15.1. The number of halogens is 2. The number of amidine groups is 1. The van der Waals surface area contributed by atoms with Crippen molar-refractivity contribution in [2.75, 3.05) is 24.8 Å². The third kappa shape index (κ3) is 4.69. The first-order valence-electron chi connectivity index (χ1n) is 7.73. The standard InChI is InChI=1S/C17H16Cl2N4O2/c18-14-3-1-13(2-4-14)9-10-21-11-17(23(24)25)20-22(12-21)16-7-5-15(19)6-8-16/h1-8H,9-12H2. The first kappa shape index (κ1) is 17.7. The summed E-state index contributed by atoms with van der Waals surface area (Å²) in [6.45, 7) is 1.37. The molecular formula is C17H16Cl2N4O2. The van der Waals surface area contributed by atoms with Crippen LogP contribution >= 0.6 is 23.2 Å². The first-order chi connectivity index (χ1) is 12.0. The number of anilines is 1. The van der Waals surface area contributed by atoms with Crippen molar-refractivity contribution < 1.29 is 4.92 Å². The molecule has 8 heteroatoms. The molecule has 6 nitrogen and oxygen atoms in total. The van der Waals surface area contributed by atoms with Gasteiger partial charge in [-0.3, -0.25) is 4.90 Å². The molecule has 0 aromatic heterocycles. The number of hydrazone groups is 1. The van der Waals surface area contributed by atoms with Gasteiger partial charge in [-0.1, -0.05) is 35.3 Å². The molecule has 0 unspecified atom stereocenters. The van der Waals surface area contributed by atoms with E-state index in [9.17, 15) is 10.1 Å². The van der Waals surface area contributed by atoms with Crippen molar-refractivity contribution in [2.45, 2.75) is 6.42 Å². The molecule has 1 aliphatic rings. The molecule has 25 heavy (non-hydrogen) atoms. The molecule has 0 fully saturated rings. The highest BCUT2D eigenvalue weighted by molar-refractivity contribution is 6.30. The molecule has 0 saturated heterocycles. The second-order valence-corrected chi connectivity index (χ2v) is 6.59. The lowest BCUT2D eigenvalue weighted by Gasteiger charge is -2.28. The highest BCUT2D eigenvalue weighted by Gasteiger charge is 2.29. The van der Waals surface area contributed by atoms with Gasteiger partial charge < -0.3 is 10.1 Å². The maximum atomic E-state index is 11.2. The molecule has 130 valence electrons. The number of nitrogens with zero attached hydrogens (tertiary/aromatic N) is 4. The summed E-state index contributed by atoms with van der Waals surface area (Å²) >= 11 is 11.8. The molecule has 1 heterocycles. The van der Waals surface area contributed by atoms with Crippen molar-refractivity contribution in [3.8, 4) is 0 Å². The first-order valence-corrected chi connectivity index (χ1v) is 8.48. The molecule has 1 aliphatic heterocycles. The SMILES string of the molecule is O=[N+]([O-])C1=NN(c2ccc(Cl)cc2)CN(CCc2ccc(Cl)cc2)C1. The molecule has 0 spiro atoms. The Balaban J connectivity index is 1.72. The van der Waals surface area contributed by atoms with Crippen molar-refractivity contribution in [2.24, 2.45) is 5.10 Å². The Morgan fingerprint density at radius 3 is 2.24 bits per heavy atom. The second kappa shape index (κ2) is 7.82. The Labute approximate surface area is 155 Å². The number of hydrogen-bond acceptors (Lipinski definition) is 5. The van der Waals surface area contributed by atoms with Crippen molar-refractivity contribution >= 4 is 34.7 Å². The van der Waals surface area contributed by atoms with Crippen LogP contribution in [0.1, 0.15) is 5.56 Å². The van der Waals surface area contributed by atoms with E-state index in [0.29, 0.717) is 23.3 Å². The van der Waals surface area contributed by atoms with Crippen molar-refractivity contribution in [3.05, 3.63) is 74.3 Å². The minimum atomic E-state index is -0.433. The Morgan fingerprint density at radius 1 is 1.04 bits per heavy atom. The van der Waals surface area contributed by atoms with Gasteiger partial charge in [0.05, 0.1) is 10.8 Å². The smallest absolute Gasteiger partial charge is 0.358 e. The Bertz CT molecular complexity index is 778. The van der Waals surface area contributed by atoms with Gasteiger partial charge in [-0.2, -0.15) is 5.01 Å². The number of nitro groups is 1. The predicted molar refractivity (Wildman–Crippen MR) is 100.0 cm³/mol. The Kier molecular flexibility index (Phi) is 5.53. The van der Waals surface area contributed by atoms with Gasteiger partial charge in [0.25, 0.3) is 0 Å². The lowest BCUT2D eigenvalue weighted by Crippen LogP contribution is -2.46. The van der Waals surface area contributed by atoms with Gasteiger partial charge in [-0.15, -0.1) is 0 Å². The van der Waals surface area contributed by atoms with Crippen molar-refractivity contribution in [1.29, 1.82) is 0 Å². The molecule has 2 aromatic carbocycles. The van der Waals surface area contributed by atoms with Gasteiger partial charge >= 0.3 is 5.84 Å². The summed E-state index contributed by atoms with van der Waals surface area (Å²) in [5.74, 6) is -0.0719. The van der Waals surface area contributed by atoms with Crippen LogP contribution in [-0.4, -0.2) is 35.4 Å². The lowest BCUT2D eigenvalue weighted by molar-refractivity contribution is -0.354. The number of benzene rings is 2. The largest absolute Gasteiger partial charge is 0.378 e. The van der Waals surface area contributed by atoms with E-state index < -0.39 is 4.92 Å². The molecule has 2 aromatic rings. The molecule has 0 saturated carbocycles. The zero-order chi connectivity index (χ0) is 17.8. The van der Waals surface area contributed by atoms with Gasteiger partial charge in [0, 0.05) is 16.6 Å². The third-order valence-corrected chi connectivity index (χ3v) is 4.40. The highest BCUT2D eigenvalue weighted by atomic mass is 35.5. The zero-order valence-electron chi connectivity index (χ0n) is 13.3. The van der Waals surface area contributed by atoms with Crippen LogP contribution in [0.5, 0.6) is 0 Å². The van der Waals surface area contributed by atoms with Crippen LogP contribution in [-0.2, 0) is 6.42 Å². The molecule has 0 bridgehead atoms. The monoisotopic (exact) mass is 378 g/mol. The average molecular weight is 379 g/mol. The van der Waals surface area contributed by atoms with E-state index in [2.05, 4.69) is 5.10 Å². The molecule has 0 atom stereocenters. The minimum Gasteiger partial charge on any atom is -0.358 e. The van der Waals surface area contributed by atoms with E-state index >= 15 is 0 Å². The molecule has 3 rings (SSSR count). The average Bonchev–Trinajstić information content (AvgIpc) is 2.61. The van der Waals surface area contributed by atoms with Crippen molar-refractivity contribution in [1.82, 2.24) is 4.90 Å². The maximum Gasteiger partial charge on any atom is 0.378 e. The van der Waals surface area contributed by atoms with E-state index in [1.807, 2.05) is 29.2 Å². The minimum absolute atomic E-state index is 0.0719. The lowest BCUT2D eigenvalue weighted by atomic mass is 10.1.